The zero-order valence-electron chi connectivity index (χ0n) is 15.8. The third-order valence-corrected chi connectivity index (χ3v) is 4.96. The van der Waals surface area contributed by atoms with Crippen LogP contribution in [0.4, 0.5) is 0 Å². The Morgan fingerprint density at radius 2 is 1.96 bits per heavy atom. The van der Waals surface area contributed by atoms with Gasteiger partial charge in [0.1, 0.15) is 5.92 Å². The molecule has 0 aromatic heterocycles. The highest BCUT2D eigenvalue weighted by Gasteiger charge is 2.43. The Bertz CT molecular complexity index is 839. The molecule has 0 radical (unpaired) electrons. The topological polar surface area (TPSA) is 88.8 Å². The zero-order valence-corrected chi connectivity index (χ0v) is 16.6. The van der Waals surface area contributed by atoms with E-state index < -0.39 is 23.8 Å². The minimum Gasteiger partial charge on any atom is -0.465 e. The van der Waals surface area contributed by atoms with Gasteiger partial charge in [-0.3, -0.25) is 4.79 Å². The van der Waals surface area contributed by atoms with Gasteiger partial charge in [-0.15, -0.1) is 11.8 Å². The summed E-state index contributed by atoms with van der Waals surface area (Å²) in [5, 5.41) is 9.83. The number of hydrogen-bond acceptors (Lipinski definition) is 7. The maximum Gasteiger partial charge on any atom is 0.336 e. The SMILES string of the molecule is CCOC(=O)C1=C(C)N=C(SC)C(C(=O)OCC)C1c1cccc(C#N)c1. The fourth-order valence-electron chi connectivity index (χ4n) is 3.12. The smallest absolute Gasteiger partial charge is 0.336 e. The maximum atomic E-state index is 12.8. The summed E-state index contributed by atoms with van der Waals surface area (Å²) < 4.78 is 10.5. The molecule has 2 atom stereocenters. The Labute approximate surface area is 163 Å². The van der Waals surface area contributed by atoms with Gasteiger partial charge in [0, 0.05) is 11.6 Å². The van der Waals surface area contributed by atoms with Gasteiger partial charge in [-0.1, -0.05) is 12.1 Å². The van der Waals surface area contributed by atoms with Gasteiger partial charge in [0.25, 0.3) is 0 Å². The van der Waals surface area contributed by atoms with Crippen molar-refractivity contribution in [2.24, 2.45) is 10.9 Å². The molecule has 0 amide bonds. The molecular weight excluding hydrogens is 364 g/mol. The molecule has 1 aliphatic heterocycles. The molecule has 1 heterocycles. The van der Waals surface area contributed by atoms with Crippen LogP contribution in [0.5, 0.6) is 0 Å². The highest BCUT2D eigenvalue weighted by Crippen LogP contribution is 2.42. The van der Waals surface area contributed by atoms with E-state index in [-0.39, 0.29) is 13.2 Å². The van der Waals surface area contributed by atoms with Crippen LogP contribution in [0.15, 0.2) is 40.5 Å². The average molecular weight is 386 g/mol. The summed E-state index contributed by atoms with van der Waals surface area (Å²) in [6, 6.07) is 9.00. The number of nitriles is 1. The summed E-state index contributed by atoms with van der Waals surface area (Å²) in [7, 11) is 0. The van der Waals surface area contributed by atoms with Crippen LogP contribution in [0.1, 0.15) is 37.8 Å². The van der Waals surface area contributed by atoms with Crippen molar-refractivity contribution in [2.75, 3.05) is 19.5 Å². The normalized spacial score (nSPS) is 19.1. The first-order valence-corrected chi connectivity index (χ1v) is 9.88. The van der Waals surface area contributed by atoms with E-state index >= 15 is 0 Å². The fraction of sp³-hybridized carbons (Fsp3) is 0.400. The minimum atomic E-state index is -0.767. The monoisotopic (exact) mass is 386 g/mol. The molecular formula is C20H22N2O4S. The molecule has 0 bridgehead atoms. The highest BCUT2D eigenvalue weighted by molar-refractivity contribution is 8.13. The van der Waals surface area contributed by atoms with Crippen LogP contribution in [0.2, 0.25) is 0 Å². The number of carbonyl (C=O) groups excluding carboxylic acids is 2. The third kappa shape index (κ3) is 4.40. The predicted molar refractivity (Wildman–Crippen MR) is 104 cm³/mol. The molecule has 1 aromatic carbocycles. The molecule has 1 aliphatic rings. The van der Waals surface area contributed by atoms with E-state index in [4.69, 9.17) is 9.47 Å². The van der Waals surface area contributed by atoms with E-state index in [1.54, 1.807) is 45.0 Å². The second-order valence-electron chi connectivity index (χ2n) is 5.82. The number of rotatable bonds is 5. The van der Waals surface area contributed by atoms with Crippen LogP contribution in [-0.4, -0.2) is 36.5 Å². The van der Waals surface area contributed by atoms with E-state index in [9.17, 15) is 14.9 Å². The summed E-state index contributed by atoms with van der Waals surface area (Å²) in [5.41, 5.74) is 1.95. The lowest BCUT2D eigenvalue weighted by Gasteiger charge is -2.32. The van der Waals surface area contributed by atoms with Gasteiger partial charge in [-0.25, -0.2) is 9.79 Å². The predicted octanol–water partition coefficient (Wildman–Crippen LogP) is 3.43. The number of esters is 2. The number of ether oxygens (including phenoxy) is 2. The van der Waals surface area contributed by atoms with E-state index in [0.717, 1.165) is 0 Å². The number of thioether (sulfide) groups is 1. The molecule has 0 aliphatic carbocycles. The van der Waals surface area contributed by atoms with E-state index in [1.807, 2.05) is 6.26 Å². The van der Waals surface area contributed by atoms with Crippen LogP contribution in [-0.2, 0) is 19.1 Å². The lowest BCUT2D eigenvalue weighted by atomic mass is 9.78. The molecule has 0 fully saturated rings. The van der Waals surface area contributed by atoms with Crippen LogP contribution in [0, 0.1) is 17.2 Å². The number of aliphatic imine (C=N–C) groups is 1. The van der Waals surface area contributed by atoms with Crippen LogP contribution < -0.4 is 0 Å². The van der Waals surface area contributed by atoms with Crippen molar-refractivity contribution in [3.05, 3.63) is 46.7 Å². The molecule has 0 saturated heterocycles. The van der Waals surface area contributed by atoms with Gasteiger partial charge in [-0.05, 0) is 44.7 Å². The van der Waals surface area contributed by atoms with E-state index in [1.165, 1.54) is 11.8 Å². The molecule has 7 heteroatoms. The molecule has 0 saturated carbocycles. The maximum absolute atomic E-state index is 12.8. The first-order chi connectivity index (χ1) is 13.0. The highest BCUT2D eigenvalue weighted by atomic mass is 32.2. The fourth-order valence-corrected chi connectivity index (χ4v) is 3.83. The molecule has 2 unspecified atom stereocenters. The van der Waals surface area contributed by atoms with Crippen molar-refractivity contribution in [1.29, 1.82) is 5.26 Å². The Morgan fingerprint density at radius 1 is 1.26 bits per heavy atom. The van der Waals surface area contributed by atoms with Crippen LogP contribution in [0.25, 0.3) is 0 Å². The Morgan fingerprint density at radius 3 is 2.56 bits per heavy atom. The van der Waals surface area contributed by atoms with Crippen LogP contribution >= 0.6 is 11.8 Å². The van der Waals surface area contributed by atoms with Crippen LogP contribution in [0.3, 0.4) is 0 Å². The summed E-state index contributed by atoms with van der Waals surface area (Å²) in [4.78, 5) is 30.0. The Hall–Kier alpha value is -2.59. The first-order valence-electron chi connectivity index (χ1n) is 8.65. The molecule has 1 aromatic rings. The third-order valence-electron chi connectivity index (χ3n) is 4.20. The van der Waals surface area contributed by atoms with Gasteiger partial charge in [-0.2, -0.15) is 5.26 Å². The molecule has 27 heavy (non-hydrogen) atoms. The van der Waals surface area contributed by atoms with Gasteiger partial charge in [0.2, 0.25) is 0 Å². The zero-order chi connectivity index (χ0) is 20.0. The van der Waals surface area contributed by atoms with Crippen molar-refractivity contribution < 1.29 is 19.1 Å². The quantitative estimate of drug-likeness (QED) is 0.720. The molecule has 6 nitrogen and oxygen atoms in total. The number of carbonyl (C=O) groups is 2. The largest absolute Gasteiger partial charge is 0.465 e. The summed E-state index contributed by atoms with van der Waals surface area (Å²) in [5.74, 6) is -2.36. The molecule has 0 N–H and O–H groups in total. The van der Waals surface area contributed by atoms with Crippen molar-refractivity contribution in [3.8, 4) is 6.07 Å². The number of nitrogens with zero attached hydrogens (tertiary/aromatic N) is 2. The van der Waals surface area contributed by atoms with Gasteiger partial charge in [0.15, 0.2) is 0 Å². The summed E-state index contributed by atoms with van der Waals surface area (Å²) >= 11 is 1.35. The van der Waals surface area contributed by atoms with Gasteiger partial charge < -0.3 is 9.47 Å². The van der Waals surface area contributed by atoms with Crippen molar-refractivity contribution in [1.82, 2.24) is 0 Å². The lowest BCUT2D eigenvalue weighted by molar-refractivity contribution is -0.146. The molecule has 2 rings (SSSR count). The number of benzene rings is 1. The number of allylic oxidation sites excluding steroid dienone is 1. The Balaban J connectivity index is 2.70. The van der Waals surface area contributed by atoms with Crippen molar-refractivity contribution in [3.63, 3.8) is 0 Å². The average Bonchev–Trinajstić information content (AvgIpc) is 2.67. The minimum absolute atomic E-state index is 0.212. The van der Waals surface area contributed by atoms with Gasteiger partial charge >= 0.3 is 11.9 Å². The Kier molecular flexibility index (Phi) is 7.19. The second-order valence-corrected chi connectivity index (χ2v) is 6.64. The first kappa shape index (κ1) is 20.7. The second kappa shape index (κ2) is 9.38. The summed E-state index contributed by atoms with van der Waals surface area (Å²) in [6.45, 7) is 5.62. The van der Waals surface area contributed by atoms with E-state index in [2.05, 4.69) is 11.1 Å². The molecule has 142 valence electrons. The molecule has 0 spiro atoms. The van der Waals surface area contributed by atoms with E-state index in [0.29, 0.717) is 27.4 Å². The van der Waals surface area contributed by atoms with Crippen molar-refractivity contribution in [2.45, 2.75) is 26.7 Å². The number of hydrogen-bond donors (Lipinski definition) is 0. The van der Waals surface area contributed by atoms with Crippen molar-refractivity contribution >= 4 is 28.7 Å². The lowest BCUT2D eigenvalue weighted by Crippen LogP contribution is -2.36. The summed E-state index contributed by atoms with van der Waals surface area (Å²) in [6.07, 6.45) is 1.83. The van der Waals surface area contributed by atoms with Gasteiger partial charge in [0.05, 0.1) is 35.5 Å². The standard InChI is InChI=1S/C20H22N2O4S/c1-5-25-19(23)15-12(3)22-18(27-4)17(20(24)26-6-2)16(15)14-9-7-8-13(10-14)11-21/h7-10,16-17H,5-6H2,1-4H3.